The second kappa shape index (κ2) is 23.9. The van der Waals surface area contributed by atoms with Gasteiger partial charge >= 0.3 is 19.5 Å². The number of carbonyl (C=O) groups is 4. The fourth-order valence-electron chi connectivity index (χ4n) is 8.64. The van der Waals surface area contributed by atoms with Gasteiger partial charge in [-0.1, -0.05) is 69.9 Å². The zero-order chi connectivity index (χ0) is 55.8. The van der Waals surface area contributed by atoms with Gasteiger partial charge in [-0.3, -0.25) is 42.2 Å². The number of esters is 1. The second-order valence-electron chi connectivity index (χ2n) is 17.2. The molecule has 402 valence electrons. The van der Waals surface area contributed by atoms with Gasteiger partial charge in [-0.15, -0.1) is 0 Å². The summed E-state index contributed by atoms with van der Waals surface area (Å²) in [7, 11) is -5.35. The van der Waals surface area contributed by atoms with Crippen molar-refractivity contribution in [2.24, 2.45) is 15.3 Å². The van der Waals surface area contributed by atoms with Crippen LogP contribution in [0.25, 0.3) is 42.5 Å². The first-order valence-corrected chi connectivity index (χ1v) is 24.7. The molecular weight excluding hydrogens is 1050 g/mol. The van der Waals surface area contributed by atoms with Crippen LogP contribution in [-0.4, -0.2) is 111 Å². The van der Waals surface area contributed by atoms with Crippen molar-refractivity contribution in [3.63, 3.8) is 0 Å². The number of aryl methyl sites for hydroxylation is 1. The number of carbonyl (C=O) groups excluding carboxylic acids is 4. The third kappa shape index (κ3) is 11.6. The molecule has 78 heavy (non-hydrogen) atoms. The lowest BCUT2D eigenvalue weighted by Gasteiger charge is -2.24. The Kier molecular flexibility index (Phi) is 17.0. The fourth-order valence-corrected chi connectivity index (χ4v) is 9.61. The van der Waals surface area contributed by atoms with Crippen molar-refractivity contribution in [1.82, 2.24) is 28.7 Å². The van der Waals surface area contributed by atoms with Crippen molar-refractivity contribution in [3.8, 4) is 0 Å². The van der Waals surface area contributed by atoms with Gasteiger partial charge in [0, 0.05) is 56.5 Å². The SMILES string of the molecule is CC(=O)OC[C@H]1O[C@@H](n2cnc3c(N(C(=O)c4ccccc4CN=[N+]=[N-])C(=O)c4ccccc4CN=[N+]=[N-])ncnc32)[C@H](O)[C@@H]1OP(=O)(O)OC[C@H]1O[C@@H](n2cc(C)c(=O)n(C(=O)c3ccccc3CN=[N+]=[N-])c2=O)C[C@@H]1O. The Morgan fingerprint density at radius 2 is 1.36 bits per heavy atom. The number of hydrogen-bond donors (Lipinski definition) is 3. The Bertz CT molecular complexity index is 3590. The topological polar surface area (TPSA) is 429 Å². The van der Waals surface area contributed by atoms with Crippen LogP contribution in [0.4, 0.5) is 5.82 Å². The number of hydrogen-bond acceptors (Lipinski definition) is 20. The summed E-state index contributed by atoms with van der Waals surface area (Å²) in [6, 6.07) is 17.8. The molecule has 31 nitrogen and oxygen atoms in total. The molecule has 0 spiro atoms. The van der Waals surface area contributed by atoms with E-state index in [4.69, 9.17) is 39.9 Å². The Labute approximate surface area is 437 Å². The predicted octanol–water partition coefficient (Wildman–Crippen LogP) is 4.74. The van der Waals surface area contributed by atoms with Gasteiger partial charge in [-0.2, -0.15) is 4.57 Å². The number of azide groups is 3. The van der Waals surface area contributed by atoms with Crippen LogP contribution in [0.3, 0.4) is 0 Å². The molecule has 2 saturated heterocycles. The molecule has 3 aromatic heterocycles. The molecule has 0 bridgehead atoms. The lowest BCUT2D eigenvalue weighted by molar-refractivity contribution is -0.147. The number of aliphatic hydroxyl groups is 2. The standard InChI is InChI=1S/C46H43N16O15P/c1-24-19-59(46(70)62(41(24)66)44(69)31-14-8-5-11-28(31)18-55-58-49)35-15-32(64)33(75-35)21-74-78(71,72)77-38-34(20-73-25(2)63)76-45(37(38)65)60-23-52-36-39(60)50-22-51-40(36)61(42(67)29-12-6-3-9-26(29)16-53-56-47)43(68)30-13-7-4-10-27(30)17-54-57-48/h3-14,19,22-23,32-35,37-38,45,64-65H,15-18,20-21H2,1-2H3,(H,71,72)/t32-,33+,34+,35+,37+,38+,45+/m0/s1. The number of rotatable bonds is 19. The van der Waals surface area contributed by atoms with Crippen LogP contribution >= 0.6 is 7.82 Å². The van der Waals surface area contributed by atoms with Gasteiger partial charge in [0.05, 0.1) is 38.7 Å². The van der Waals surface area contributed by atoms with Crippen molar-refractivity contribution in [1.29, 1.82) is 0 Å². The number of fused-ring (bicyclic) bond motifs is 1. The van der Waals surface area contributed by atoms with Gasteiger partial charge in [0.25, 0.3) is 23.3 Å². The van der Waals surface area contributed by atoms with Crippen molar-refractivity contribution in [2.45, 2.75) is 82.9 Å². The summed E-state index contributed by atoms with van der Waals surface area (Å²) < 4.78 is 43.9. The highest BCUT2D eigenvalue weighted by Gasteiger charge is 2.50. The first-order valence-electron chi connectivity index (χ1n) is 23.2. The van der Waals surface area contributed by atoms with E-state index in [0.29, 0.717) is 9.47 Å². The number of imidazole rings is 1. The number of anilines is 1. The molecule has 5 heterocycles. The normalized spacial score (nSPS) is 20.4. The molecule has 8 rings (SSSR count). The number of nitrogens with zero attached hydrogens (tertiary/aromatic N) is 16. The molecule has 3 aromatic carbocycles. The van der Waals surface area contributed by atoms with Gasteiger partial charge in [-0.25, -0.2) is 29.2 Å². The van der Waals surface area contributed by atoms with Gasteiger partial charge < -0.3 is 29.3 Å². The smallest absolute Gasteiger partial charge is 0.463 e. The zero-order valence-electron chi connectivity index (χ0n) is 40.8. The summed E-state index contributed by atoms with van der Waals surface area (Å²) in [5.74, 6) is -4.16. The zero-order valence-corrected chi connectivity index (χ0v) is 41.7. The number of ether oxygens (including phenoxy) is 3. The van der Waals surface area contributed by atoms with Crippen LogP contribution in [0.2, 0.25) is 0 Å². The largest absolute Gasteiger partial charge is 0.472 e. The van der Waals surface area contributed by atoms with Gasteiger partial charge in [0.2, 0.25) is 0 Å². The average molecular weight is 1090 g/mol. The Hall–Kier alpha value is -8.95. The van der Waals surface area contributed by atoms with Crippen LogP contribution in [0, 0.1) is 6.92 Å². The molecule has 2 aliphatic heterocycles. The van der Waals surface area contributed by atoms with Crippen molar-refractivity contribution < 1.29 is 62.1 Å². The third-order valence-corrected chi connectivity index (χ3v) is 13.3. The lowest BCUT2D eigenvalue weighted by Crippen LogP contribution is -2.45. The maximum Gasteiger partial charge on any atom is 0.472 e. The number of phosphoric acid groups is 1. The van der Waals surface area contributed by atoms with Crippen molar-refractivity contribution in [2.75, 3.05) is 18.1 Å². The Balaban J connectivity index is 1.05. The summed E-state index contributed by atoms with van der Waals surface area (Å²) in [5, 5.41) is 33.5. The van der Waals surface area contributed by atoms with E-state index in [-0.39, 0.29) is 76.2 Å². The predicted molar refractivity (Wildman–Crippen MR) is 266 cm³/mol. The highest BCUT2D eigenvalue weighted by molar-refractivity contribution is 7.47. The van der Waals surface area contributed by atoms with Gasteiger partial charge in [-0.05, 0) is 58.4 Å². The molecule has 6 aromatic rings. The van der Waals surface area contributed by atoms with Crippen LogP contribution in [0.15, 0.2) is 117 Å². The Morgan fingerprint density at radius 1 is 0.795 bits per heavy atom. The summed E-state index contributed by atoms with van der Waals surface area (Å²) in [4.78, 5) is 115. The summed E-state index contributed by atoms with van der Waals surface area (Å²) in [6.45, 7) is 0.0190. The highest BCUT2D eigenvalue weighted by atomic mass is 31.2. The van der Waals surface area contributed by atoms with Crippen molar-refractivity contribution in [3.05, 3.63) is 183 Å². The van der Waals surface area contributed by atoms with Gasteiger partial charge in [0.1, 0.15) is 43.6 Å². The Morgan fingerprint density at radius 3 is 1.94 bits per heavy atom. The first kappa shape index (κ1) is 55.3. The molecule has 2 aliphatic rings. The fraction of sp³-hybridized carbons (Fsp3) is 0.326. The van der Waals surface area contributed by atoms with E-state index in [9.17, 15) is 48.4 Å². The van der Waals surface area contributed by atoms with E-state index in [1.807, 2.05) is 0 Å². The monoisotopic (exact) mass is 1090 g/mol. The number of phosphoric ester groups is 1. The van der Waals surface area contributed by atoms with Crippen LogP contribution in [-0.2, 0) is 52.3 Å². The molecule has 8 atom stereocenters. The minimum Gasteiger partial charge on any atom is -0.463 e. The van der Waals surface area contributed by atoms with E-state index in [1.54, 1.807) is 18.2 Å². The van der Waals surface area contributed by atoms with Crippen molar-refractivity contribution >= 4 is 48.5 Å². The van der Waals surface area contributed by atoms with Crippen LogP contribution < -0.4 is 16.1 Å². The first-order chi connectivity index (χ1) is 37.5. The molecule has 32 heteroatoms. The number of imide groups is 1. The van der Waals surface area contributed by atoms with E-state index in [0.717, 1.165) is 34.9 Å². The summed E-state index contributed by atoms with van der Waals surface area (Å²) in [5.41, 5.74) is 24.8. The van der Waals surface area contributed by atoms with E-state index < -0.39 is 105 Å². The minimum atomic E-state index is -5.35. The molecule has 0 saturated carbocycles. The molecule has 0 aliphatic carbocycles. The minimum absolute atomic E-state index is 0.0740. The molecular formula is C46H43N16O15P. The number of amides is 2. The quantitative estimate of drug-likeness (QED) is 0.0246. The summed E-state index contributed by atoms with van der Waals surface area (Å²) >= 11 is 0. The second-order valence-corrected chi connectivity index (χ2v) is 18.6. The van der Waals surface area contributed by atoms with E-state index in [1.165, 1.54) is 61.5 Å². The number of aromatic nitrogens is 6. The summed E-state index contributed by atoms with van der Waals surface area (Å²) in [6.07, 6.45) is -8.39. The van der Waals surface area contributed by atoms with E-state index >= 15 is 0 Å². The van der Waals surface area contributed by atoms with Crippen LogP contribution in [0.1, 0.15) is 79.1 Å². The average Bonchev–Trinajstić information content (AvgIpc) is 4.18. The third-order valence-electron chi connectivity index (χ3n) is 12.3. The molecule has 1 unspecified atom stereocenters. The van der Waals surface area contributed by atoms with Crippen LogP contribution in [0.5, 0.6) is 0 Å². The maximum atomic E-state index is 14.7. The van der Waals surface area contributed by atoms with E-state index in [2.05, 4.69) is 45.0 Å². The number of benzene rings is 3. The lowest BCUT2D eigenvalue weighted by atomic mass is 10.0. The highest BCUT2D eigenvalue weighted by Crippen LogP contribution is 2.49. The molecule has 2 fully saturated rings. The maximum absolute atomic E-state index is 14.7. The number of aliphatic hydroxyl groups excluding tert-OH is 2. The molecule has 2 amide bonds. The molecule has 0 radical (unpaired) electrons. The van der Waals surface area contributed by atoms with Gasteiger partial charge in [0.15, 0.2) is 23.2 Å². The molecule has 3 N–H and O–H groups in total.